The lowest BCUT2D eigenvalue weighted by molar-refractivity contribution is -0.140. The minimum Gasteiger partial charge on any atom is -0.497 e. The van der Waals surface area contributed by atoms with Gasteiger partial charge in [0.15, 0.2) is 5.69 Å². The molecule has 2 aromatic rings. The Bertz CT molecular complexity index is 695. The molecule has 0 aliphatic heterocycles. The second kappa shape index (κ2) is 5.61. The quantitative estimate of drug-likeness (QED) is 0.853. The van der Waals surface area contributed by atoms with Crippen LogP contribution in [-0.4, -0.2) is 44.3 Å². The summed E-state index contributed by atoms with van der Waals surface area (Å²) in [5.41, 5.74) is 0.275. The normalized spacial score (nSPS) is 11.9. The van der Waals surface area contributed by atoms with Crippen LogP contribution in [0.2, 0.25) is 0 Å². The van der Waals surface area contributed by atoms with Crippen molar-refractivity contribution in [2.24, 2.45) is 0 Å². The van der Waals surface area contributed by atoms with Crippen LogP contribution in [0.25, 0.3) is 11.3 Å². The summed E-state index contributed by atoms with van der Waals surface area (Å²) in [7, 11) is 1.48. The van der Waals surface area contributed by atoms with Gasteiger partial charge in [0, 0.05) is 5.56 Å². The lowest BCUT2D eigenvalue weighted by Gasteiger charge is -2.11. The maximum absolute atomic E-state index is 11.3. The molecule has 1 heterocycles. The van der Waals surface area contributed by atoms with E-state index in [9.17, 15) is 14.7 Å². The van der Waals surface area contributed by atoms with Crippen molar-refractivity contribution in [2.75, 3.05) is 7.11 Å². The molecule has 0 fully saturated rings. The first-order chi connectivity index (χ1) is 9.95. The van der Waals surface area contributed by atoms with Gasteiger partial charge in [0.05, 0.1) is 7.11 Å². The molecule has 0 aliphatic carbocycles. The average Bonchev–Trinajstić information content (AvgIpc) is 2.91. The van der Waals surface area contributed by atoms with E-state index >= 15 is 0 Å². The Labute approximate surface area is 119 Å². The van der Waals surface area contributed by atoms with E-state index < -0.39 is 18.0 Å². The molecule has 1 atom stereocenters. The fourth-order valence-electron chi connectivity index (χ4n) is 1.85. The summed E-state index contributed by atoms with van der Waals surface area (Å²) in [6.07, 6.45) is 0. The Morgan fingerprint density at radius 1 is 1.33 bits per heavy atom. The van der Waals surface area contributed by atoms with Crippen molar-refractivity contribution in [2.45, 2.75) is 13.0 Å². The van der Waals surface area contributed by atoms with Crippen molar-refractivity contribution in [3.05, 3.63) is 30.0 Å². The van der Waals surface area contributed by atoms with Crippen molar-refractivity contribution in [3.8, 4) is 17.0 Å². The maximum atomic E-state index is 11.3. The van der Waals surface area contributed by atoms with Crippen LogP contribution in [0.5, 0.6) is 5.75 Å². The van der Waals surface area contributed by atoms with Gasteiger partial charge in [0.25, 0.3) is 0 Å². The number of carboxylic acids is 2. The molecular weight excluding hydrogens is 278 g/mol. The summed E-state index contributed by atoms with van der Waals surface area (Å²) in [6, 6.07) is 5.54. The number of aliphatic carboxylic acids is 1. The zero-order valence-electron chi connectivity index (χ0n) is 11.3. The number of rotatable bonds is 5. The molecule has 2 rings (SSSR count). The molecule has 1 unspecified atom stereocenters. The fourth-order valence-corrected chi connectivity index (χ4v) is 1.85. The summed E-state index contributed by atoms with van der Waals surface area (Å²) in [5.74, 6) is -1.91. The lowest BCUT2D eigenvalue weighted by atomic mass is 10.1. The van der Waals surface area contributed by atoms with Gasteiger partial charge in [-0.15, -0.1) is 5.10 Å². The van der Waals surface area contributed by atoms with Crippen LogP contribution in [-0.2, 0) is 4.79 Å². The van der Waals surface area contributed by atoms with E-state index in [2.05, 4.69) is 10.3 Å². The number of carbonyl (C=O) groups is 2. The molecule has 110 valence electrons. The van der Waals surface area contributed by atoms with Crippen LogP contribution in [0.15, 0.2) is 24.3 Å². The van der Waals surface area contributed by atoms with Crippen LogP contribution < -0.4 is 4.74 Å². The molecular formula is C13H13N3O5. The van der Waals surface area contributed by atoms with Crippen LogP contribution in [0.1, 0.15) is 23.5 Å². The van der Waals surface area contributed by atoms with E-state index in [4.69, 9.17) is 9.84 Å². The number of ether oxygens (including phenoxy) is 1. The second-order valence-electron chi connectivity index (χ2n) is 4.28. The average molecular weight is 291 g/mol. The Morgan fingerprint density at radius 3 is 2.62 bits per heavy atom. The van der Waals surface area contributed by atoms with E-state index in [1.807, 2.05) is 0 Å². The minimum atomic E-state index is -1.28. The molecule has 0 bridgehead atoms. The Kier molecular flexibility index (Phi) is 3.88. The van der Waals surface area contributed by atoms with Gasteiger partial charge in [0.2, 0.25) is 0 Å². The van der Waals surface area contributed by atoms with E-state index in [-0.39, 0.29) is 11.4 Å². The van der Waals surface area contributed by atoms with Crippen LogP contribution in [0, 0.1) is 0 Å². The third-order valence-corrected chi connectivity index (χ3v) is 2.96. The maximum Gasteiger partial charge on any atom is 0.358 e. The number of benzene rings is 1. The zero-order valence-corrected chi connectivity index (χ0v) is 11.3. The highest BCUT2D eigenvalue weighted by Crippen LogP contribution is 2.28. The number of methoxy groups -OCH3 is 1. The molecule has 0 aliphatic rings. The zero-order chi connectivity index (χ0) is 15.6. The number of hydrogen-bond donors (Lipinski definition) is 2. The van der Waals surface area contributed by atoms with Gasteiger partial charge < -0.3 is 14.9 Å². The van der Waals surface area contributed by atoms with Gasteiger partial charge in [-0.3, -0.25) is 0 Å². The number of aromatic carboxylic acids is 1. The minimum absolute atomic E-state index is 0.122. The van der Waals surface area contributed by atoms with E-state index in [0.717, 1.165) is 4.68 Å². The first kappa shape index (κ1) is 14.5. The summed E-state index contributed by atoms with van der Waals surface area (Å²) in [5, 5.41) is 25.5. The van der Waals surface area contributed by atoms with E-state index in [1.165, 1.54) is 14.0 Å². The molecule has 8 heteroatoms. The highest BCUT2D eigenvalue weighted by Gasteiger charge is 2.26. The smallest absolute Gasteiger partial charge is 0.358 e. The molecule has 0 saturated carbocycles. The van der Waals surface area contributed by atoms with Gasteiger partial charge in [-0.2, -0.15) is 0 Å². The third-order valence-electron chi connectivity index (χ3n) is 2.96. The largest absolute Gasteiger partial charge is 0.497 e. The summed E-state index contributed by atoms with van der Waals surface area (Å²) in [6.45, 7) is 1.40. The molecule has 0 spiro atoms. The van der Waals surface area contributed by atoms with Crippen molar-refractivity contribution in [1.29, 1.82) is 0 Å². The van der Waals surface area contributed by atoms with Gasteiger partial charge >= 0.3 is 11.9 Å². The van der Waals surface area contributed by atoms with Gasteiger partial charge in [-0.25, -0.2) is 14.3 Å². The Balaban J connectivity index is 2.66. The Hall–Kier alpha value is -2.90. The molecule has 0 radical (unpaired) electrons. The predicted octanol–water partition coefficient (Wildman–Crippen LogP) is 1.30. The highest BCUT2D eigenvalue weighted by atomic mass is 16.5. The lowest BCUT2D eigenvalue weighted by Crippen LogP contribution is -2.18. The van der Waals surface area contributed by atoms with Crippen molar-refractivity contribution in [3.63, 3.8) is 0 Å². The molecule has 2 N–H and O–H groups in total. The first-order valence-electron chi connectivity index (χ1n) is 6.01. The highest BCUT2D eigenvalue weighted by molar-refractivity contribution is 5.93. The number of nitrogens with zero attached hydrogens (tertiary/aromatic N) is 3. The molecule has 0 amide bonds. The fraction of sp³-hybridized carbons (Fsp3) is 0.231. The van der Waals surface area contributed by atoms with Gasteiger partial charge in [-0.05, 0) is 19.1 Å². The summed E-state index contributed by atoms with van der Waals surface area (Å²) < 4.78 is 6.16. The van der Waals surface area contributed by atoms with Crippen LogP contribution in [0.4, 0.5) is 0 Å². The van der Waals surface area contributed by atoms with E-state index in [1.54, 1.807) is 24.3 Å². The predicted molar refractivity (Wildman–Crippen MR) is 71.3 cm³/mol. The number of aromatic nitrogens is 3. The van der Waals surface area contributed by atoms with Crippen LogP contribution >= 0.6 is 0 Å². The molecule has 0 saturated heterocycles. The summed E-state index contributed by atoms with van der Waals surface area (Å²) >= 11 is 0. The van der Waals surface area contributed by atoms with Gasteiger partial charge in [0.1, 0.15) is 17.5 Å². The molecule has 1 aromatic heterocycles. The first-order valence-corrected chi connectivity index (χ1v) is 6.01. The molecule has 1 aromatic carbocycles. The summed E-state index contributed by atoms with van der Waals surface area (Å²) in [4.78, 5) is 22.4. The topological polar surface area (TPSA) is 115 Å². The third kappa shape index (κ3) is 2.69. The number of carboxylic acid groups (broad SMARTS) is 2. The monoisotopic (exact) mass is 291 g/mol. The van der Waals surface area contributed by atoms with Crippen molar-refractivity contribution in [1.82, 2.24) is 15.0 Å². The SMILES string of the molecule is COc1cccc(-c2c(C(=O)O)nnn2C(C)C(=O)O)c1. The standard InChI is InChI=1S/C13H13N3O5/c1-7(12(17)18)16-11(10(13(19)20)14-15-16)8-4-3-5-9(6-8)21-2/h3-7H,1-2H3,(H,17,18)(H,19,20). The number of hydrogen-bond acceptors (Lipinski definition) is 5. The van der Waals surface area contributed by atoms with Gasteiger partial charge in [-0.1, -0.05) is 17.3 Å². The van der Waals surface area contributed by atoms with Crippen molar-refractivity contribution >= 4 is 11.9 Å². The van der Waals surface area contributed by atoms with E-state index in [0.29, 0.717) is 11.3 Å². The van der Waals surface area contributed by atoms with Crippen LogP contribution in [0.3, 0.4) is 0 Å². The molecule has 8 nitrogen and oxygen atoms in total. The second-order valence-corrected chi connectivity index (χ2v) is 4.28. The Morgan fingerprint density at radius 2 is 2.05 bits per heavy atom. The molecule has 21 heavy (non-hydrogen) atoms. The van der Waals surface area contributed by atoms with Crippen molar-refractivity contribution < 1.29 is 24.5 Å².